The molecule has 94 valence electrons. The molecule has 0 radical (unpaired) electrons. The smallest absolute Gasteiger partial charge is 0.168 e. The molecule has 0 spiro atoms. The molecule has 0 bridgehead atoms. The quantitative estimate of drug-likeness (QED) is 0.811. The third kappa shape index (κ3) is 2.13. The van der Waals surface area contributed by atoms with Crippen molar-refractivity contribution in [1.29, 1.82) is 0 Å². The standard InChI is InChI=1S/C14H21NOS/c1-7(2)13(16)12-11-9(4)5-8(3)6-10(11)17-14(12)15/h7-9H,5-6,15H2,1-4H3. The number of anilines is 1. The summed E-state index contributed by atoms with van der Waals surface area (Å²) in [7, 11) is 0. The van der Waals surface area contributed by atoms with Crippen molar-refractivity contribution >= 4 is 22.1 Å². The first kappa shape index (κ1) is 12.6. The number of ketones is 1. The van der Waals surface area contributed by atoms with Gasteiger partial charge in [0.25, 0.3) is 0 Å². The van der Waals surface area contributed by atoms with E-state index in [0.717, 1.165) is 17.0 Å². The van der Waals surface area contributed by atoms with E-state index in [1.54, 1.807) is 11.3 Å². The lowest BCUT2D eigenvalue weighted by Gasteiger charge is -2.25. The van der Waals surface area contributed by atoms with Crippen molar-refractivity contribution < 1.29 is 4.79 Å². The minimum atomic E-state index is 0.0301. The molecule has 0 saturated heterocycles. The molecule has 1 aliphatic carbocycles. The van der Waals surface area contributed by atoms with Crippen molar-refractivity contribution in [2.24, 2.45) is 11.8 Å². The van der Waals surface area contributed by atoms with Crippen LogP contribution in [0, 0.1) is 11.8 Å². The van der Waals surface area contributed by atoms with E-state index in [0.29, 0.717) is 11.8 Å². The van der Waals surface area contributed by atoms with Crippen molar-refractivity contribution in [1.82, 2.24) is 0 Å². The average Bonchev–Trinajstić information content (AvgIpc) is 2.53. The van der Waals surface area contributed by atoms with Gasteiger partial charge in [-0.25, -0.2) is 0 Å². The van der Waals surface area contributed by atoms with Gasteiger partial charge in [0, 0.05) is 10.8 Å². The Balaban J connectivity index is 2.51. The molecule has 0 aliphatic heterocycles. The number of hydrogen-bond acceptors (Lipinski definition) is 3. The van der Waals surface area contributed by atoms with Gasteiger partial charge in [-0.3, -0.25) is 4.79 Å². The third-order valence-electron chi connectivity index (χ3n) is 3.60. The summed E-state index contributed by atoms with van der Waals surface area (Å²) >= 11 is 1.63. The molecule has 3 heteroatoms. The number of nitrogen functional groups attached to an aromatic ring is 1. The fourth-order valence-corrected chi connectivity index (χ4v) is 4.21. The van der Waals surface area contributed by atoms with E-state index in [-0.39, 0.29) is 11.7 Å². The molecular formula is C14H21NOS. The SMILES string of the molecule is CC1Cc2sc(N)c(C(=O)C(C)C)c2C(C)C1. The second kappa shape index (κ2) is 4.45. The number of fused-ring (bicyclic) bond motifs is 1. The van der Waals surface area contributed by atoms with Gasteiger partial charge in [0.05, 0.1) is 10.6 Å². The Bertz CT molecular complexity index is 447. The number of nitrogens with two attached hydrogens (primary N) is 1. The fraction of sp³-hybridized carbons (Fsp3) is 0.643. The molecular weight excluding hydrogens is 230 g/mol. The van der Waals surface area contributed by atoms with Crippen molar-refractivity contribution in [3.05, 3.63) is 16.0 Å². The van der Waals surface area contributed by atoms with E-state index in [2.05, 4.69) is 13.8 Å². The molecule has 2 N–H and O–H groups in total. The van der Waals surface area contributed by atoms with Crippen LogP contribution in [0.2, 0.25) is 0 Å². The van der Waals surface area contributed by atoms with Gasteiger partial charge in [0.1, 0.15) is 0 Å². The van der Waals surface area contributed by atoms with Crippen LogP contribution in [0.5, 0.6) is 0 Å². The average molecular weight is 251 g/mol. The highest BCUT2D eigenvalue weighted by molar-refractivity contribution is 7.16. The Kier molecular flexibility index (Phi) is 3.30. The fourth-order valence-electron chi connectivity index (χ4n) is 2.85. The molecule has 2 nitrogen and oxygen atoms in total. The van der Waals surface area contributed by atoms with Crippen LogP contribution in [-0.4, -0.2) is 5.78 Å². The van der Waals surface area contributed by atoms with Crippen LogP contribution >= 0.6 is 11.3 Å². The first-order valence-corrected chi connectivity index (χ1v) is 7.18. The van der Waals surface area contributed by atoms with Crippen molar-refractivity contribution in [2.45, 2.75) is 46.5 Å². The second-order valence-electron chi connectivity index (χ2n) is 5.64. The van der Waals surface area contributed by atoms with Gasteiger partial charge >= 0.3 is 0 Å². The molecule has 17 heavy (non-hydrogen) atoms. The number of hydrogen-bond donors (Lipinski definition) is 1. The summed E-state index contributed by atoms with van der Waals surface area (Å²) in [6.07, 6.45) is 2.25. The minimum absolute atomic E-state index is 0.0301. The van der Waals surface area contributed by atoms with E-state index >= 15 is 0 Å². The van der Waals surface area contributed by atoms with E-state index in [4.69, 9.17) is 5.73 Å². The second-order valence-corrected chi connectivity index (χ2v) is 6.78. The van der Waals surface area contributed by atoms with Gasteiger partial charge in [-0.1, -0.05) is 27.7 Å². The van der Waals surface area contributed by atoms with Crippen LogP contribution in [0.1, 0.15) is 60.8 Å². The first-order valence-electron chi connectivity index (χ1n) is 6.37. The number of rotatable bonds is 2. The molecule has 0 amide bonds. The van der Waals surface area contributed by atoms with Crippen molar-refractivity contribution in [2.75, 3.05) is 5.73 Å². The van der Waals surface area contributed by atoms with Gasteiger partial charge < -0.3 is 5.73 Å². The van der Waals surface area contributed by atoms with Crippen LogP contribution in [0.3, 0.4) is 0 Å². The molecule has 2 rings (SSSR count). The van der Waals surface area contributed by atoms with E-state index < -0.39 is 0 Å². The minimum Gasteiger partial charge on any atom is -0.390 e. The maximum Gasteiger partial charge on any atom is 0.168 e. The summed E-state index contributed by atoms with van der Waals surface area (Å²) in [5.74, 6) is 1.42. The number of carbonyl (C=O) groups is 1. The summed E-state index contributed by atoms with van der Waals surface area (Å²) in [6.45, 7) is 8.39. The Morgan fingerprint density at radius 1 is 1.41 bits per heavy atom. The van der Waals surface area contributed by atoms with E-state index in [1.165, 1.54) is 16.9 Å². The maximum atomic E-state index is 12.3. The predicted molar refractivity (Wildman–Crippen MR) is 73.8 cm³/mol. The zero-order valence-corrected chi connectivity index (χ0v) is 11.9. The molecule has 0 saturated carbocycles. The number of Topliss-reactive ketones (excluding diaryl/α,β-unsaturated/α-hetero) is 1. The van der Waals surface area contributed by atoms with Crippen LogP contribution < -0.4 is 5.73 Å². The van der Waals surface area contributed by atoms with Gasteiger partial charge in [-0.05, 0) is 30.2 Å². The van der Waals surface area contributed by atoms with Crippen molar-refractivity contribution in [3.8, 4) is 0 Å². The maximum absolute atomic E-state index is 12.3. The number of carbonyl (C=O) groups excluding carboxylic acids is 1. The Morgan fingerprint density at radius 2 is 2.06 bits per heavy atom. The normalized spacial score (nSPS) is 23.8. The zero-order chi connectivity index (χ0) is 12.7. The molecule has 1 aromatic rings. The Labute approximate surface area is 107 Å². The lowest BCUT2D eigenvalue weighted by Crippen LogP contribution is -2.17. The molecule has 0 aromatic carbocycles. The van der Waals surface area contributed by atoms with E-state index in [1.807, 2.05) is 13.8 Å². The summed E-state index contributed by atoms with van der Waals surface area (Å²) in [6, 6.07) is 0. The van der Waals surface area contributed by atoms with Gasteiger partial charge in [-0.2, -0.15) is 0 Å². The third-order valence-corrected chi connectivity index (χ3v) is 4.66. The Hall–Kier alpha value is -0.830. The van der Waals surface area contributed by atoms with Crippen LogP contribution in [0.4, 0.5) is 5.00 Å². The molecule has 2 atom stereocenters. The lowest BCUT2D eigenvalue weighted by molar-refractivity contribution is 0.0939. The topological polar surface area (TPSA) is 43.1 Å². The van der Waals surface area contributed by atoms with Crippen molar-refractivity contribution in [3.63, 3.8) is 0 Å². The summed E-state index contributed by atoms with van der Waals surface area (Å²) in [5.41, 5.74) is 8.15. The molecule has 1 aromatic heterocycles. The van der Waals surface area contributed by atoms with Crippen LogP contribution in [0.15, 0.2) is 0 Å². The van der Waals surface area contributed by atoms with Crippen LogP contribution in [-0.2, 0) is 6.42 Å². The number of thiophene rings is 1. The molecule has 1 aliphatic rings. The predicted octanol–water partition coefficient (Wildman–Crippen LogP) is 3.85. The lowest BCUT2D eigenvalue weighted by atomic mass is 9.79. The summed E-state index contributed by atoms with van der Waals surface area (Å²) in [4.78, 5) is 13.6. The highest BCUT2D eigenvalue weighted by Gasteiger charge is 2.31. The Morgan fingerprint density at radius 3 is 2.65 bits per heavy atom. The van der Waals surface area contributed by atoms with Gasteiger partial charge in [0.15, 0.2) is 5.78 Å². The molecule has 2 unspecified atom stereocenters. The zero-order valence-electron chi connectivity index (χ0n) is 11.0. The summed E-state index contributed by atoms with van der Waals surface area (Å²) in [5, 5.41) is 0.731. The van der Waals surface area contributed by atoms with Gasteiger partial charge in [-0.15, -0.1) is 11.3 Å². The largest absolute Gasteiger partial charge is 0.390 e. The van der Waals surface area contributed by atoms with Crippen LogP contribution in [0.25, 0.3) is 0 Å². The highest BCUT2D eigenvalue weighted by atomic mass is 32.1. The summed E-state index contributed by atoms with van der Waals surface area (Å²) < 4.78 is 0. The first-order chi connectivity index (χ1) is 7.91. The van der Waals surface area contributed by atoms with E-state index in [9.17, 15) is 4.79 Å². The monoisotopic (exact) mass is 251 g/mol. The highest BCUT2D eigenvalue weighted by Crippen LogP contribution is 2.44. The molecule has 1 heterocycles. The molecule has 0 fully saturated rings. The van der Waals surface area contributed by atoms with Gasteiger partial charge in [0.2, 0.25) is 0 Å².